The molecule has 6 nitrogen and oxygen atoms in total. The first-order valence-corrected chi connectivity index (χ1v) is 7.35. The van der Waals surface area contributed by atoms with Crippen molar-refractivity contribution in [3.05, 3.63) is 35.4 Å². The van der Waals surface area contributed by atoms with Crippen LogP contribution in [0.15, 0.2) is 24.3 Å². The zero-order valence-corrected chi connectivity index (χ0v) is 12.5. The normalized spacial score (nSPS) is 13.5. The molecule has 22 heavy (non-hydrogen) atoms. The molecule has 0 unspecified atom stereocenters. The molecule has 1 aliphatic carbocycles. The van der Waals surface area contributed by atoms with Gasteiger partial charge in [-0.15, -0.1) is 0 Å². The van der Waals surface area contributed by atoms with E-state index in [2.05, 4.69) is 9.47 Å². The highest BCUT2D eigenvalue weighted by Crippen LogP contribution is 2.15. The van der Waals surface area contributed by atoms with Crippen molar-refractivity contribution in [1.82, 2.24) is 0 Å². The molecule has 1 saturated carbocycles. The fraction of sp³-hybridized carbons (Fsp3) is 0.500. The molecule has 6 heteroatoms. The fourth-order valence-corrected chi connectivity index (χ4v) is 2.09. The zero-order chi connectivity index (χ0) is 16.2. The summed E-state index contributed by atoms with van der Waals surface area (Å²) in [6.07, 6.45) is 9.00. The van der Waals surface area contributed by atoms with Crippen molar-refractivity contribution in [2.45, 2.75) is 38.5 Å². The van der Waals surface area contributed by atoms with Crippen molar-refractivity contribution in [3.8, 4) is 0 Å². The Morgan fingerprint density at radius 1 is 0.727 bits per heavy atom. The molecule has 2 rings (SSSR count). The Hall–Kier alpha value is -1.92. The van der Waals surface area contributed by atoms with Crippen LogP contribution in [0, 0.1) is 0 Å². The maximum Gasteiger partial charge on any atom is 0.340 e. The number of carbonyl (C=O) groups is 2. The summed E-state index contributed by atoms with van der Waals surface area (Å²) < 4.78 is 8.67. The highest BCUT2D eigenvalue weighted by Gasteiger charge is 2.09. The first kappa shape index (κ1) is 18.1. The van der Waals surface area contributed by atoms with Gasteiger partial charge in [-0.25, -0.2) is 9.59 Å². The third-order valence-corrected chi connectivity index (χ3v) is 3.25. The summed E-state index contributed by atoms with van der Waals surface area (Å²) in [7, 11) is 0. The fourth-order valence-electron chi connectivity index (χ4n) is 2.09. The average molecular weight is 310 g/mol. The molecular weight excluding hydrogens is 288 g/mol. The van der Waals surface area contributed by atoms with Crippen molar-refractivity contribution in [3.63, 3.8) is 0 Å². The van der Waals surface area contributed by atoms with Gasteiger partial charge in [-0.2, -0.15) is 0 Å². The Balaban J connectivity index is 0.000000335. The van der Waals surface area contributed by atoms with Crippen molar-refractivity contribution in [2.24, 2.45) is 0 Å². The molecule has 0 heterocycles. The summed E-state index contributed by atoms with van der Waals surface area (Å²) in [5.41, 5.74) is 0.407. The van der Waals surface area contributed by atoms with Gasteiger partial charge in [0.1, 0.15) is 0 Å². The van der Waals surface area contributed by atoms with E-state index in [0.29, 0.717) is 0 Å². The molecule has 2 N–H and O–H groups in total. The minimum absolute atomic E-state index is 0.203. The van der Waals surface area contributed by atoms with Crippen LogP contribution in [0.25, 0.3) is 0 Å². The van der Waals surface area contributed by atoms with Crippen LogP contribution in [0.4, 0.5) is 0 Å². The number of carbonyl (C=O) groups excluding carboxylic acids is 2. The minimum Gasteiger partial charge on any atom is -0.435 e. The van der Waals surface area contributed by atoms with Gasteiger partial charge in [-0.3, -0.25) is 0 Å². The van der Waals surface area contributed by atoms with Gasteiger partial charge in [0, 0.05) is 0 Å². The number of hydrogen-bond acceptors (Lipinski definition) is 6. The van der Waals surface area contributed by atoms with E-state index < -0.39 is 25.5 Å². The van der Waals surface area contributed by atoms with Gasteiger partial charge in [0.25, 0.3) is 0 Å². The van der Waals surface area contributed by atoms with Crippen LogP contribution < -0.4 is 0 Å². The van der Waals surface area contributed by atoms with E-state index in [0.717, 1.165) is 0 Å². The molecular formula is C16H22O6. The van der Waals surface area contributed by atoms with Crippen molar-refractivity contribution < 1.29 is 29.3 Å². The maximum atomic E-state index is 11.1. The van der Waals surface area contributed by atoms with Crippen LogP contribution in [0.1, 0.15) is 59.2 Å². The molecule has 1 fully saturated rings. The molecule has 0 radical (unpaired) electrons. The summed E-state index contributed by atoms with van der Waals surface area (Å²) in [5, 5.41) is 16.7. The molecule has 0 bridgehead atoms. The lowest BCUT2D eigenvalue weighted by atomic mass is 10.0. The van der Waals surface area contributed by atoms with E-state index in [9.17, 15) is 9.59 Å². The number of aliphatic hydroxyl groups excluding tert-OH is 2. The van der Waals surface area contributed by atoms with E-state index in [1.807, 2.05) is 0 Å². The van der Waals surface area contributed by atoms with Crippen LogP contribution in [0.3, 0.4) is 0 Å². The smallest absolute Gasteiger partial charge is 0.340 e. The second-order valence-corrected chi connectivity index (χ2v) is 4.82. The molecule has 0 spiro atoms. The van der Waals surface area contributed by atoms with Crippen LogP contribution in [0.2, 0.25) is 0 Å². The van der Waals surface area contributed by atoms with E-state index in [1.165, 1.54) is 62.8 Å². The quantitative estimate of drug-likeness (QED) is 0.654. The third-order valence-electron chi connectivity index (χ3n) is 3.25. The molecule has 0 saturated heterocycles. The highest BCUT2D eigenvalue weighted by molar-refractivity contribution is 5.93. The van der Waals surface area contributed by atoms with Gasteiger partial charge < -0.3 is 19.7 Å². The van der Waals surface area contributed by atoms with Crippen LogP contribution >= 0.6 is 0 Å². The lowest BCUT2D eigenvalue weighted by Crippen LogP contribution is -2.08. The second kappa shape index (κ2) is 10.8. The number of ether oxygens (including phenoxy) is 2. The van der Waals surface area contributed by atoms with E-state index >= 15 is 0 Å². The molecule has 0 aromatic heterocycles. The minimum atomic E-state index is -0.701. The van der Waals surface area contributed by atoms with E-state index in [4.69, 9.17) is 10.2 Å². The largest absolute Gasteiger partial charge is 0.435 e. The maximum absolute atomic E-state index is 11.1. The van der Waals surface area contributed by atoms with Crippen molar-refractivity contribution in [1.29, 1.82) is 0 Å². The number of rotatable bonds is 4. The topological polar surface area (TPSA) is 93.1 Å². The van der Waals surface area contributed by atoms with Crippen LogP contribution in [-0.4, -0.2) is 35.7 Å². The number of aliphatic hydroxyl groups is 2. The van der Waals surface area contributed by atoms with Gasteiger partial charge in [0.2, 0.25) is 0 Å². The molecule has 0 amide bonds. The van der Waals surface area contributed by atoms with E-state index in [1.54, 1.807) is 0 Å². The van der Waals surface area contributed by atoms with Gasteiger partial charge in [-0.05, 0) is 24.3 Å². The highest BCUT2D eigenvalue weighted by atomic mass is 16.6. The number of hydrogen-bond donors (Lipinski definition) is 2. The molecule has 0 atom stereocenters. The zero-order valence-electron chi connectivity index (χ0n) is 12.5. The molecule has 122 valence electrons. The second-order valence-electron chi connectivity index (χ2n) is 4.82. The monoisotopic (exact) mass is 310 g/mol. The summed E-state index contributed by atoms with van der Waals surface area (Å²) in [4.78, 5) is 22.2. The Morgan fingerprint density at radius 2 is 1.00 bits per heavy atom. The Kier molecular flexibility index (Phi) is 8.86. The molecule has 1 aromatic rings. The average Bonchev–Trinajstić information content (AvgIpc) is 2.57. The lowest BCUT2D eigenvalue weighted by molar-refractivity contribution is 0.00523. The summed E-state index contributed by atoms with van der Waals surface area (Å²) in [5.74, 6) is -1.38. The van der Waals surface area contributed by atoms with Crippen molar-refractivity contribution >= 4 is 11.9 Å². The summed E-state index contributed by atoms with van der Waals surface area (Å²) >= 11 is 0. The van der Waals surface area contributed by atoms with Gasteiger partial charge in [0.05, 0.1) is 11.1 Å². The Bertz CT molecular complexity index is 402. The summed E-state index contributed by atoms with van der Waals surface area (Å²) in [6, 6.07) is 5.41. The van der Waals surface area contributed by atoms with Gasteiger partial charge in [0.15, 0.2) is 13.6 Å². The SMILES string of the molecule is C1CCCCC1.O=C(OCO)c1ccc(C(=O)OCO)cc1. The van der Waals surface area contributed by atoms with E-state index in [-0.39, 0.29) is 11.1 Å². The lowest BCUT2D eigenvalue weighted by Gasteiger charge is -2.05. The standard InChI is InChI=1S/C10H10O6.C6H12/c11-5-15-9(13)7-1-2-8(4-3-7)10(14)16-6-12;1-2-4-6-5-3-1/h1-4,11-12H,5-6H2;1-6H2. The summed E-state index contributed by atoms with van der Waals surface area (Å²) in [6.45, 7) is -1.40. The Morgan fingerprint density at radius 3 is 1.23 bits per heavy atom. The first-order chi connectivity index (χ1) is 10.7. The van der Waals surface area contributed by atoms with Crippen LogP contribution in [0.5, 0.6) is 0 Å². The molecule has 0 aliphatic heterocycles. The van der Waals surface area contributed by atoms with Crippen LogP contribution in [-0.2, 0) is 9.47 Å². The van der Waals surface area contributed by atoms with Gasteiger partial charge >= 0.3 is 11.9 Å². The molecule has 1 aliphatic rings. The predicted molar refractivity (Wildman–Crippen MR) is 79.1 cm³/mol. The third kappa shape index (κ3) is 6.69. The molecule has 1 aromatic carbocycles. The first-order valence-electron chi connectivity index (χ1n) is 7.35. The number of esters is 2. The van der Waals surface area contributed by atoms with Crippen molar-refractivity contribution in [2.75, 3.05) is 13.6 Å². The Labute approximate surface area is 129 Å². The number of benzene rings is 1. The van der Waals surface area contributed by atoms with Gasteiger partial charge in [-0.1, -0.05) is 38.5 Å². The predicted octanol–water partition coefficient (Wildman–Crippen LogP) is 2.24.